The van der Waals surface area contributed by atoms with E-state index >= 15 is 0 Å². The Labute approximate surface area is 90.4 Å². The largest absolute Gasteiger partial charge is 0.493 e. The highest BCUT2D eigenvalue weighted by Crippen LogP contribution is 2.49. The van der Waals surface area contributed by atoms with Crippen LogP contribution in [0.15, 0.2) is 18.2 Å². The summed E-state index contributed by atoms with van der Waals surface area (Å²) in [6.07, 6.45) is 2.33. The van der Waals surface area contributed by atoms with Crippen molar-refractivity contribution in [2.24, 2.45) is 11.7 Å². The van der Waals surface area contributed by atoms with E-state index in [0.717, 1.165) is 18.8 Å². The average Bonchev–Trinajstić information content (AvgIpc) is 2.89. The number of fused-ring (bicyclic) bond motifs is 1. The molecule has 15 heavy (non-hydrogen) atoms. The van der Waals surface area contributed by atoms with Gasteiger partial charge >= 0.3 is 0 Å². The van der Waals surface area contributed by atoms with Gasteiger partial charge in [-0.15, -0.1) is 0 Å². The maximum atomic E-state index is 5.91. The summed E-state index contributed by atoms with van der Waals surface area (Å²) in [5.74, 6) is 2.48. The van der Waals surface area contributed by atoms with Crippen LogP contribution >= 0.6 is 0 Å². The van der Waals surface area contributed by atoms with Gasteiger partial charge in [0.25, 0.3) is 0 Å². The van der Waals surface area contributed by atoms with Gasteiger partial charge in [0.1, 0.15) is 5.75 Å². The summed E-state index contributed by atoms with van der Waals surface area (Å²) in [5, 5.41) is 0. The molecule has 1 heterocycles. The number of benzene rings is 1. The standard InChI is InChI=1S/C13H17NO/c1-8(14)11-7-12(11)9-2-3-13-10(6-9)4-5-15-13/h2-3,6,8,11-12H,4-5,7,14H2,1H3/t8-,11+,12-/m0/s1. The van der Waals surface area contributed by atoms with E-state index < -0.39 is 0 Å². The van der Waals surface area contributed by atoms with E-state index in [9.17, 15) is 0 Å². The molecule has 0 radical (unpaired) electrons. The van der Waals surface area contributed by atoms with Crippen LogP contribution in [0.4, 0.5) is 0 Å². The molecule has 3 atom stereocenters. The molecule has 0 bridgehead atoms. The quantitative estimate of drug-likeness (QED) is 0.798. The van der Waals surface area contributed by atoms with Crippen molar-refractivity contribution in [2.75, 3.05) is 6.61 Å². The van der Waals surface area contributed by atoms with Gasteiger partial charge in [0.2, 0.25) is 0 Å². The van der Waals surface area contributed by atoms with Crippen molar-refractivity contribution in [3.05, 3.63) is 29.3 Å². The highest BCUT2D eigenvalue weighted by Gasteiger charge is 2.40. The van der Waals surface area contributed by atoms with Gasteiger partial charge in [0, 0.05) is 12.5 Å². The minimum absolute atomic E-state index is 0.333. The van der Waals surface area contributed by atoms with Crippen LogP contribution in [0.25, 0.3) is 0 Å². The van der Waals surface area contributed by atoms with E-state index in [2.05, 4.69) is 25.1 Å². The molecule has 0 saturated heterocycles. The second-order valence-corrected chi connectivity index (χ2v) is 4.83. The van der Waals surface area contributed by atoms with Crippen LogP contribution in [0.2, 0.25) is 0 Å². The van der Waals surface area contributed by atoms with Crippen LogP contribution < -0.4 is 10.5 Å². The van der Waals surface area contributed by atoms with Gasteiger partial charge in [-0.2, -0.15) is 0 Å². The first-order chi connectivity index (χ1) is 7.25. The lowest BCUT2D eigenvalue weighted by atomic mass is 10.0. The Morgan fingerprint density at radius 3 is 3.07 bits per heavy atom. The number of hydrogen-bond donors (Lipinski definition) is 1. The Hall–Kier alpha value is -1.02. The fourth-order valence-electron chi connectivity index (χ4n) is 2.62. The molecule has 1 aliphatic carbocycles. The van der Waals surface area contributed by atoms with E-state index in [-0.39, 0.29) is 0 Å². The molecule has 2 heteroatoms. The molecule has 1 aliphatic heterocycles. The Kier molecular flexibility index (Phi) is 1.99. The van der Waals surface area contributed by atoms with Crippen LogP contribution in [-0.2, 0) is 6.42 Å². The monoisotopic (exact) mass is 203 g/mol. The average molecular weight is 203 g/mol. The Morgan fingerprint density at radius 2 is 2.33 bits per heavy atom. The van der Waals surface area contributed by atoms with Crippen molar-refractivity contribution >= 4 is 0 Å². The first-order valence-electron chi connectivity index (χ1n) is 5.77. The second-order valence-electron chi connectivity index (χ2n) is 4.83. The van der Waals surface area contributed by atoms with Crippen molar-refractivity contribution in [1.29, 1.82) is 0 Å². The van der Waals surface area contributed by atoms with Crippen molar-refractivity contribution in [3.63, 3.8) is 0 Å². The third kappa shape index (κ3) is 1.53. The molecule has 1 saturated carbocycles. The lowest BCUT2D eigenvalue weighted by Crippen LogP contribution is -2.17. The van der Waals surface area contributed by atoms with Gasteiger partial charge in [0.05, 0.1) is 6.61 Å². The zero-order valence-corrected chi connectivity index (χ0v) is 9.07. The van der Waals surface area contributed by atoms with Gasteiger partial charge in [-0.25, -0.2) is 0 Å². The molecular weight excluding hydrogens is 186 g/mol. The molecule has 0 amide bonds. The molecule has 80 valence electrons. The van der Waals surface area contributed by atoms with Crippen molar-refractivity contribution in [2.45, 2.75) is 31.7 Å². The van der Waals surface area contributed by atoms with Gasteiger partial charge in [-0.3, -0.25) is 0 Å². The lowest BCUT2D eigenvalue weighted by Gasteiger charge is -2.05. The minimum Gasteiger partial charge on any atom is -0.493 e. The molecule has 1 aromatic carbocycles. The summed E-state index contributed by atoms with van der Waals surface area (Å²) in [6.45, 7) is 2.96. The summed E-state index contributed by atoms with van der Waals surface area (Å²) >= 11 is 0. The molecule has 2 N–H and O–H groups in total. The Morgan fingerprint density at radius 1 is 1.47 bits per heavy atom. The molecule has 0 unspecified atom stereocenters. The number of ether oxygens (including phenoxy) is 1. The maximum Gasteiger partial charge on any atom is 0.122 e. The fourth-order valence-corrected chi connectivity index (χ4v) is 2.62. The van der Waals surface area contributed by atoms with Crippen LogP contribution in [0.3, 0.4) is 0 Å². The Bertz CT molecular complexity index is 386. The van der Waals surface area contributed by atoms with E-state index in [1.807, 2.05) is 0 Å². The molecule has 0 spiro atoms. The van der Waals surface area contributed by atoms with Crippen LogP contribution in [0, 0.1) is 5.92 Å². The predicted molar refractivity (Wildman–Crippen MR) is 60.1 cm³/mol. The summed E-state index contributed by atoms with van der Waals surface area (Å²) in [7, 11) is 0. The smallest absolute Gasteiger partial charge is 0.122 e. The molecular formula is C13H17NO. The third-order valence-electron chi connectivity index (χ3n) is 3.66. The normalized spacial score (nSPS) is 29.5. The number of rotatable bonds is 2. The lowest BCUT2D eigenvalue weighted by molar-refractivity contribution is 0.357. The highest BCUT2D eigenvalue weighted by molar-refractivity contribution is 5.42. The molecule has 3 rings (SSSR count). The summed E-state index contributed by atoms with van der Waals surface area (Å²) < 4.78 is 5.50. The minimum atomic E-state index is 0.333. The highest BCUT2D eigenvalue weighted by atomic mass is 16.5. The van der Waals surface area contributed by atoms with Gasteiger partial charge in [-0.1, -0.05) is 12.1 Å². The van der Waals surface area contributed by atoms with E-state index in [0.29, 0.717) is 17.9 Å². The summed E-state index contributed by atoms with van der Waals surface area (Å²) in [4.78, 5) is 0. The number of nitrogens with two attached hydrogens (primary N) is 1. The first-order valence-corrected chi connectivity index (χ1v) is 5.77. The van der Waals surface area contributed by atoms with Gasteiger partial charge in [-0.05, 0) is 42.4 Å². The van der Waals surface area contributed by atoms with E-state index in [1.54, 1.807) is 0 Å². The summed E-state index contributed by atoms with van der Waals surface area (Å²) in [5.41, 5.74) is 8.75. The maximum absolute atomic E-state index is 5.91. The predicted octanol–water partition coefficient (Wildman–Crippen LogP) is 2.07. The van der Waals surface area contributed by atoms with Crippen molar-refractivity contribution in [1.82, 2.24) is 0 Å². The van der Waals surface area contributed by atoms with Gasteiger partial charge in [0.15, 0.2) is 0 Å². The molecule has 1 aromatic rings. The van der Waals surface area contributed by atoms with E-state index in [1.165, 1.54) is 17.5 Å². The molecule has 1 fully saturated rings. The Balaban J connectivity index is 1.83. The van der Waals surface area contributed by atoms with E-state index in [4.69, 9.17) is 10.5 Å². The third-order valence-corrected chi connectivity index (χ3v) is 3.66. The topological polar surface area (TPSA) is 35.2 Å². The molecule has 0 aromatic heterocycles. The van der Waals surface area contributed by atoms with Crippen LogP contribution in [0.5, 0.6) is 5.75 Å². The van der Waals surface area contributed by atoms with Crippen molar-refractivity contribution < 1.29 is 4.74 Å². The fraction of sp³-hybridized carbons (Fsp3) is 0.538. The van der Waals surface area contributed by atoms with Gasteiger partial charge < -0.3 is 10.5 Å². The zero-order chi connectivity index (χ0) is 10.4. The van der Waals surface area contributed by atoms with Crippen LogP contribution in [-0.4, -0.2) is 12.6 Å². The summed E-state index contributed by atoms with van der Waals surface area (Å²) in [6, 6.07) is 6.97. The molecule has 2 aliphatic rings. The second kappa shape index (κ2) is 3.24. The first kappa shape index (κ1) is 9.22. The zero-order valence-electron chi connectivity index (χ0n) is 9.07. The van der Waals surface area contributed by atoms with Crippen molar-refractivity contribution in [3.8, 4) is 5.75 Å². The number of hydrogen-bond acceptors (Lipinski definition) is 2. The van der Waals surface area contributed by atoms with Crippen LogP contribution in [0.1, 0.15) is 30.4 Å². The SMILES string of the molecule is C[C@H](N)[C@H]1C[C@H]1c1ccc2c(c1)CCO2. The molecule has 2 nitrogen and oxygen atoms in total.